The number of hydrogen-bond acceptors (Lipinski definition) is 7. The van der Waals surface area contributed by atoms with E-state index in [4.69, 9.17) is 18.9 Å². The van der Waals surface area contributed by atoms with Gasteiger partial charge in [0.05, 0.1) is 32.0 Å². The quantitative estimate of drug-likeness (QED) is 0.549. The molecular weight excluding hydrogens is 448 g/mol. The Morgan fingerprint density at radius 3 is 2.66 bits per heavy atom. The fourth-order valence-electron chi connectivity index (χ4n) is 4.42. The Hall–Kier alpha value is -2.75. The number of rotatable bonds is 8. The van der Waals surface area contributed by atoms with Gasteiger partial charge in [-0.2, -0.15) is 0 Å². The zero-order valence-corrected chi connectivity index (χ0v) is 20.1. The number of morpholine rings is 1. The fraction of sp³-hybridized carbons (Fsp3) is 0.444. The third kappa shape index (κ3) is 6.68. The number of carbonyl (C=O) groups is 1. The summed E-state index contributed by atoms with van der Waals surface area (Å²) >= 11 is 0. The van der Waals surface area contributed by atoms with Crippen molar-refractivity contribution in [3.05, 3.63) is 77.9 Å². The lowest BCUT2D eigenvalue weighted by Crippen LogP contribution is -2.47. The van der Waals surface area contributed by atoms with Crippen LogP contribution in [0.15, 0.2) is 61.2 Å². The van der Waals surface area contributed by atoms with Crippen molar-refractivity contribution in [2.24, 2.45) is 5.92 Å². The van der Waals surface area contributed by atoms with Crippen LogP contribution in [0.4, 0.5) is 10.5 Å². The normalized spacial score (nSPS) is 25.1. The molecule has 2 saturated heterocycles. The molecule has 2 aliphatic heterocycles. The van der Waals surface area contributed by atoms with Gasteiger partial charge in [-0.05, 0) is 23.3 Å². The molecule has 2 aromatic carbocycles. The number of ether oxygens (including phenoxy) is 4. The van der Waals surface area contributed by atoms with Crippen molar-refractivity contribution in [3.8, 4) is 0 Å². The van der Waals surface area contributed by atoms with Crippen molar-refractivity contribution in [2.45, 2.75) is 32.0 Å². The molecule has 0 aliphatic carbocycles. The average molecular weight is 483 g/mol. The monoisotopic (exact) mass is 482 g/mol. The second-order valence-electron chi connectivity index (χ2n) is 8.87. The van der Waals surface area contributed by atoms with E-state index in [0.29, 0.717) is 5.69 Å². The molecule has 2 fully saturated rings. The SMILES string of the molecule is C=CCOC(=O)Nc1cccc(C2OC(CN3CCOCC3)C(C)C(c3ccc(CO)cc3)O2)c1. The van der Waals surface area contributed by atoms with Crippen LogP contribution >= 0.6 is 0 Å². The van der Waals surface area contributed by atoms with Gasteiger partial charge in [0.1, 0.15) is 6.61 Å². The minimum Gasteiger partial charge on any atom is -0.445 e. The predicted molar refractivity (Wildman–Crippen MR) is 132 cm³/mol. The number of aliphatic hydroxyl groups is 1. The Balaban J connectivity index is 1.56. The summed E-state index contributed by atoms with van der Waals surface area (Å²) < 4.78 is 23.5. The number of amides is 1. The van der Waals surface area contributed by atoms with Crippen molar-refractivity contribution in [1.29, 1.82) is 0 Å². The number of aliphatic hydroxyl groups excluding tert-OH is 1. The molecular formula is C27H34N2O6. The van der Waals surface area contributed by atoms with Gasteiger partial charge >= 0.3 is 6.09 Å². The summed E-state index contributed by atoms with van der Waals surface area (Å²) in [5.41, 5.74) is 3.30. The molecule has 188 valence electrons. The number of hydrogen-bond donors (Lipinski definition) is 2. The van der Waals surface area contributed by atoms with Crippen LogP contribution in [0.5, 0.6) is 0 Å². The van der Waals surface area contributed by atoms with E-state index in [1.54, 1.807) is 6.07 Å². The standard InChI is InChI=1S/C27H34N2O6/c1-3-13-33-27(31)28-23-6-4-5-22(16-23)26-34-24(17-29-11-14-32-15-12-29)19(2)25(35-26)21-9-7-20(18-30)8-10-21/h3-10,16,19,24-26,30H,1,11-15,17-18H2,2H3,(H,28,31). The van der Waals surface area contributed by atoms with Gasteiger partial charge in [-0.25, -0.2) is 4.79 Å². The largest absolute Gasteiger partial charge is 0.445 e. The molecule has 8 nitrogen and oxygen atoms in total. The minimum absolute atomic E-state index is 0.00176. The minimum atomic E-state index is -0.606. The molecule has 0 aromatic heterocycles. The van der Waals surface area contributed by atoms with Crippen molar-refractivity contribution in [3.63, 3.8) is 0 Å². The third-order valence-electron chi connectivity index (χ3n) is 6.40. The van der Waals surface area contributed by atoms with Crippen molar-refractivity contribution >= 4 is 11.8 Å². The van der Waals surface area contributed by atoms with E-state index in [1.165, 1.54) is 6.08 Å². The summed E-state index contributed by atoms with van der Waals surface area (Å²) in [6.45, 7) is 9.82. The average Bonchev–Trinajstić information content (AvgIpc) is 2.89. The number of anilines is 1. The molecule has 1 amide bonds. The Morgan fingerprint density at radius 2 is 1.94 bits per heavy atom. The predicted octanol–water partition coefficient (Wildman–Crippen LogP) is 4.04. The fourth-order valence-corrected chi connectivity index (χ4v) is 4.42. The summed E-state index contributed by atoms with van der Waals surface area (Å²) in [5.74, 6) is 0.101. The molecule has 2 heterocycles. The maximum Gasteiger partial charge on any atom is 0.411 e. The Morgan fingerprint density at radius 1 is 1.17 bits per heavy atom. The van der Waals surface area contributed by atoms with Crippen molar-refractivity contribution in [1.82, 2.24) is 4.90 Å². The molecule has 35 heavy (non-hydrogen) atoms. The van der Waals surface area contributed by atoms with Gasteiger partial charge in [-0.1, -0.05) is 56.0 Å². The van der Waals surface area contributed by atoms with Gasteiger partial charge in [0.2, 0.25) is 0 Å². The molecule has 0 saturated carbocycles. The van der Waals surface area contributed by atoms with Gasteiger partial charge in [0, 0.05) is 36.8 Å². The van der Waals surface area contributed by atoms with Crippen LogP contribution < -0.4 is 5.32 Å². The van der Waals surface area contributed by atoms with Gasteiger partial charge in [-0.3, -0.25) is 10.2 Å². The van der Waals surface area contributed by atoms with Gasteiger partial charge in [0.15, 0.2) is 6.29 Å². The van der Waals surface area contributed by atoms with E-state index in [0.717, 1.165) is 49.5 Å². The van der Waals surface area contributed by atoms with E-state index in [1.807, 2.05) is 42.5 Å². The highest BCUT2D eigenvalue weighted by Crippen LogP contribution is 2.42. The molecule has 0 spiro atoms. The van der Waals surface area contributed by atoms with Crippen LogP contribution in [-0.4, -0.2) is 61.7 Å². The van der Waals surface area contributed by atoms with Crippen LogP contribution in [0.25, 0.3) is 0 Å². The number of nitrogens with zero attached hydrogens (tertiary/aromatic N) is 1. The smallest absolute Gasteiger partial charge is 0.411 e. The summed E-state index contributed by atoms with van der Waals surface area (Å²) in [7, 11) is 0. The lowest BCUT2D eigenvalue weighted by atomic mass is 9.90. The molecule has 0 bridgehead atoms. The Kier molecular flexibility index (Phi) is 8.90. The highest BCUT2D eigenvalue weighted by molar-refractivity contribution is 5.84. The van der Waals surface area contributed by atoms with E-state index >= 15 is 0 Å². The van der Waals surface area contributed by atoms with Gasteiger partial charge in [-0.15, -0.1) is 0 Å². The summed E-state index contributed by atoms with van der Waals surface area (Å²) in [6.07, 6.45) is 0.104. The van der Waals surface area contributed by atoms with Crippen LogP contribution in [0.2, 0.25) is 0 Å². The molecule has 4 unspecified atom stereocenters. The first-order valence-corrected chi connectivity index (χ1v) is 12.0. The van der Waals surface area contributed by atoms with Crippen LogP contribution in [0, 0.1) is 5.92 Å². The zero-order valence-electron chi connectivity index (χ0n) is 20.1. The van der Waals surface area contributed by atoms with Gasteiger partial charge < -0.3 is 24.1 Å². The summed E-state index contributed by atoms with van der Waals surface area (Å²) in [6, 6.07) is 15.3. The van der Waals surface area contributed by atoms with E-state index in [2.05, 4.69) is 23.7 Å². The molecule has 2 N–H and O–H groups in total. The lowest BCUT2D eigenvalue weighted by Gasteiger charge is -2.43. The number of carbonyl (C=O) groups excluding carboxylic acids is 1. The highest BCUT2D eigenvalue weighted by atomic mass is 16.7. The molecule has 0 radical (unpaired) electrons. The molecule has 4 rings (SSSR count). The zero-order chi connectivity index (χ0) is 24.6. The number of benzene rings is 2. The molecule has 2 aliphatic rings. The first kappa shape index (κ1) is 25.3. The van der Waals surface area contributed by atoms with E-state index < -0.39 is 12.4 Å². The van der Waals surface area contributed by atoms with Crippen LogP contribution in [-0.2, 0) is 25.6 Å². The Labute approximate surface area is 206 Å². The topological polar surface area (TPSA) is 89.5 Å². The molecule has 4 atom stereocenters. The molecule has 2 aromatic rings. The third-order valence-corrected chi connectivity index (χ3v) is 6.40. The first-order chi connectivity index (χ1) is 17.1. The summed E-state index contributed by atoms with van der Waals surface area (Å²) in [5, 5.41) is 12.2. The molecule has 8 heteroatoms. The van der Waals surface area contributed by atoms with Crippen LogP contribution in [0.3, 0.4) is 0 Å². The Bertz CT molecular complexity index is 976. The maximum atomic E-state index is 12.0. The van der Waals surface area contributed by atoms with E-state index in [-0.39, 0.29) is 31.3 Å². The number of nitrogens with one attached hydrogen (secondary N) is 1. The van der Waals surface area contributed by atoms with Crippen LogP contribution in [0.1, 0.15) is 36.0 Å². The summed E-state index contributed by atoms with van der Waals surface area (Å²) in [4.78, 5) is 14.4. The second-order valence-corrected chi connectivity index (χ2v) is 8.87. The second kappa shape index (κ2) is 12.3. The van der Waals surface area contributed by atoms with E-state index in [9.17, 15) is 9.90 Å². The van der Waals surface area contributed by atoms with Crippen molar-refractivity contribution < 1.29 is 28.8 Å². The van der Waals surface area contributed by atoms with Crippen molar-refractivity contribution in [2.75, 3.05) is 44.8 Å². The highest BCUT2D eigenvalue weighted by Gasteiger charge is 2.39. The lowest BCUT2D eigenvalue weighted by molar-refractivity contribution is -0.277. The van der Waals surface area contributed by atoms with Gasteiger partial charge in [0.25, 0.3) is 0 Å². The first-order valence-electron chi connectivity index (χ1n) is 12.0. The maximum absolute atomic E-state index is 12.0.